The second-order valence-electron chi connectivity index (χ2n) is 3.20. The molecule has 0 aliphatic rings. The van der Waals surface area contributed by atoms with E-state index in [-0.39, 0.29) is 5.91 Å². The van der Waals surface area contributed by atoms with E-state index in [9.17, 15) is 4.79 Å². The maximum Gasteiger partial charge on any atom is 0.272 e. The summed E-state index contributed by atoms with van der Waals surface area (Å²) in [5.74, 6) is -0.236. The van der Waals surface area contributed by atoms with Gasteiger partial charge in [-0.3, -0.25) is 9.48 Å². The number of hydrogen-bond acceptors (Lipinski definition) is 3. The number of aryl methyl sites for hydroxylation is 1. The fraction of sp³-hybridized carbons (Fsp3) is 0.111. The Bertz CT molecular complexity index is 484. The molecule has 78 valence electrons. The van der Waals surface area contributed by atoms with Crippen LogP contribution in [0.25, 0.3) is 0 Å². The Labute approximate surface area is 86.1 Å². The molecule has 0 saturated heterocycles. The second-order valence-corrected chi connectivity index (χ2v) is 3.20. The normalized spacial score (nSPS) is 10.2. The van der Waals surface area contributed by atoms with Crippen LogP contribution in [0.15, 0.2) is 24.7 Å². The molecule has 0 saturated carbocycles. The molecule has 2 heterocycles. The SMILES string of the molecule is Cn1cc(NC(=O)c2cc(N)c[nH]2)cn1. The molecule has 0 spiro atoms. The lowest BCUT2D eigenvalue weighted by atomic mass is 10.4. The number of aromatic nitrogens is 3. The van der Waals surface area contributed by atoms with Crippen molar-refractivity contribution in [1.29, 1.82) is 0 Å². The molecule has 4 N–H and O–H groups in total. The first-order chi connectivity index (χ1) is 7.15. The van der Waals surface area contributed by atoms with Gasteiger partial charge in [-0.2, -0.15) is 5.10 Å². The third-order valence-corrected chi connectivity index (χ3v) is 1.91. The van der Waals surface area contributed by atoms with E-state index >= 15 is 0 Å². The van der Waals surface area contributed by atoms with Crippen LogP contribution in [-0.2, 0) is 7.05 Å². The van der Waals surface area contributed by atoms with Crippen LogP contribution >= 0.6 is 0 Å². The Morgan fingerprint density at radius 1 is 1.67 bits per heavy atom. The average Bonchev–Trinajstić information content (AvgIpc) is 2.75. The van der Waals surface area contributed by atoms with Gasteiger partial charge in [-0.1, -0.05) is 0 Å². The summed E-state index contributed by atoms with van der Waals surface area (Å²) in [5, 5.41) is 6.62. The van der Waals surface area contributed by atoms with Gasteiger partial charge in [0.05, 0.1) is 11.9 Å². The van der Waals surface area contributed by atoms with E-state index in [0.717, 1.165) is 0 Å². The van der Waals surface area contributed by atoms with Crippen molar-refractivity contribution in [1.82, 2.24) is 14.8 Å². The summed E-state index contributed by atoms with van der Waals surface area (Å²) >= 11 is 0. The van der Waals surface area contributed by atoms with Gasteiger partial charge >= 0.3 is 0 Å². The maximum atomic E-state index is 11.6. The highest BCUT2D eigenvalue weighted by atomic mass is 16.1. The highest BCUT2D eigenvalue weighted by Gasteiger charge is 2.08. The molecule has 0 unspecified atom stereocenters. The Morgan fingerprint density at radius 2 is 2.47 bits per heavy atom. The number of nitrogen functional groups attached to an aromatic ring is 1. The monoisotopic (exact) mass is 205 g/mol. The molecule has 2 aromatic rings. The zero-order valence-electron chi connectivity index (χ0n) is 8.19. The largest absolute Gasteiger partial charge is 0.397 e. The number of aromatic amines is 1. The van der Waals surface area contributed by atoms with Crippen molar-refractivity contribution in [2.24, 2.45) is 7.05 Å². The number of nitrogens with one attached hydrogen (secondary N) is 2. The molecule has 0 fully saturated rings. The molecule has 0 aliphatic carbocycles. The molecular weight excluding hydrogens is 194 g/mol. The van der Waals surface area contributed by atoms with E-state index in [1.54, 1.807) is 36.4 Å². The smallest absolute Gasteiger partial charge is 0.272 e. The van der Waals surface area contributed by atoms with Crippen molar-refractivity contribution < 1.29 is 4.79 Å². The summed E-state index contributed by atoms with van der Waals surface area (Å²) in [4.78, 5) is 14.4. The second kappa shape index (κ2) is 3.49. The zero-order chi connectivity index (χ0) is 10.8. The third-order valence-electron chi connectivity index (χ3n) is 1.91. The van der Waals surface area contributed by atoms with Crippen LogP contribution in [0.2, 0.25) is 0 Å². The molecule has 0 aliphatic heterocycles. The first-order valence-electron chi connectivity index (χ1n) is 4.39. The molecule has 6 nitrogen and oxygen atoms in total. The van der Waals surface area contributed by atoms with Gasteiger partial charge < -0.3 is 16.0 Å². The summed E-state index contributed by atoms with van der Waals surface area (Å²) in [6.07, 6.45) is 4.85. The quantitative estimate of drug-likeness (QED) is 0.670. The topological polar surface area (TPSA) is 88.7 Å². The van der Waals surface area contributed by atoms with E-state index < -0.39 is 0 Å². The lowest BCUT2D eigenvalue weighted by Gasteiger charge is -1.98. The van der Waals surface area contributed by atoms with Crippen LogP contribution in [0.3, 0.4) is 0 Å². The van der Waals surface area contributed by atoms with Crippen molar-refractivity contribution in [3.8, 4) is 0 Å². The number of nitrogens with zero attached hydrogens (tertiary/aromatic N) is 2. The number of hydrogen-bond donors (Lipinski definition) is 3. The first kappa shape index (κ1) is 9.32. The fourth-order valence-corrected chi connectivity index (χ4v) is 1.23. The molecule has 15 heavy (non-hydrogen) atoms. The number of rotatable bonds is 2. The highest BCUT2D eigenvalue weighted by Crippen LogP contribution is 2.09. The van der Waals surface area contributed by atoms with E-state index in [1.807, 2.05) is 0 Å². The molecule has 1 amide bonds. The van der Waals surface area contributed by atoms with E-state index in [1.165, 1.54) is 0 Å². The van der Waals surface area contributed by atoms with Crippen LogP contribution in [0.1, 0.15) is 10.5 Å². The van der Waals surface area contributed by atoms with Crippen LogP contribution < -0.4 is 11.1 Å². The van der Waals surface area contributed by atoms with Crippen LogP contribution in [0.5, 0.6) is 0 Å². The Hall–Kier alpha value is -2.24. The van der Waals surface area contributed by atoms with Gasteiger partial charge in [-0.05, 0) is 6.07 Å². The summed E-state index contributed by atoms with van der Waals surface area (Å²) in [6, 6.07) is 1.58. The van der Waals surface area contributed by atoms with Crippen molar-refractivity contribution in [3.63, 3.8) is 0 Å². The van der Waals surface area contributed by atoms with Gasteiger partial charge in [-0.15, -0.1) is 0 Å². The maximum absolute atomic E-state index is 11.6. The summed E-state index contributed by atoms with van der Waals surface area (Å²) in [6.45, 7) is 0. The van der Waals surface area contributed by atoms with Crippen LogP contribution in [0.4, 0.5) is 11.4 Å². The standard InChI is InChI=1S/C9H11N5O/c1-14-5-7(4-12-14)13-9(15)8-2-6(10)3-11-8/h2-5,11H,10H2,1H3,(H,13,15). The lowest BCUT2D eigenvalue weighted by molar-refractivity contribution is 0.102. The summed E-state index contributed by atoms with van der Waals surface area (Å²) in [5.41, 5.74) is 7.10. The number of carbonyl (C=O) groups excluding carboxylic acids is 1. The lowest BCUT2D eigenvalue weighted by Crippen LogP contribution is -2.11. The van der Waals surface area contributed by atoms with Crippen LogP contribution in [-0.4, -0.2) is 20.7 Å². The van der Waals surface area contributed by atoms with Gasteiger partial charge in [0.25, 0.3) is 5.91 Å². The predicted molar refractivity (Wildman–Crippen MR) is 56.4 cm³/mol. The van der Waals surface area contributed by atoms with Gasteiger partial charge in [0.2, 0.25) is 0 Å². The average molecular weight is 205 g/mol. The van der Waals surface area contributed by atoms with E-state index in [0.29, 0.717) is 17.1 Å². The van der Waals surface area contributed by atoms with Gasteiger partial charge in [-0.25, -0.2) is 0 Å². The van der Waals surface area contributed by atoms with E-state index in [2.05, 4.69) is 15.4 Å². The number of carbonyl (C=O) groups is 1. The summed E-state index contributed by atoms with van der Waals surface area (Å²) in [7, 11) is 1.78. The fourth-order valence-electron chi connectivity index (χ4n) is 1.23. The van der Waals surface area contributed by atoms with Crippen LogP contribution in [0, 0.1) is 0 Å². The molecule has 2 rings (SSSR count). The molecular formula is C9H11N5O. The molecule has 6 heteroatoms. The number of H-pyrrole nitrogens is 1. The van der Waals surface area contributed by atoms with Crippen molar-refractivity contribution in [3.05, 3.63) is 30.4 Å². The van der Waals surface area contributed by atoms with Gasteiger partial charge in [0, 0.05) is 25.1 Å². The minimum Gasteiger partial charge on any atom is -0.397 e. The number of amides is 1. The summed E-state index contributed by atoms with van der Waals surface area (Å²) < 4.78 is 1.61. The van der Waals surface area contributed by atoms with Gasteiger partial charge in [0.15, 0.2) is 0 Å². The minimum atomic E-state index is -0.236. The minimum absolute atomic E-state index is 0.236. The first-order valence-corrected chi connectivity index (χ1v) is 4.39. The zero-order valence-corrected chi connectivity index (χ0v) is 8.19. The van der Waals surface area contributed by atoms with Crippen molar-refractivity contribution in [2.45, 2.75) is 0 Å². The molecule has 0 aromatic carbocycles. The molecule has 0 radical (unpaired) electrons. The highest BCUT2D eigenvalue weighted by molar-refractivity contribution is 6.03. The Kier molecular flexibility index (Phi) is 2.17. The third kappa shape index (κ3) is 1.98. The van der Waals surface area contributed by atoms with Gasteiger partial charge in [0.1, 0.15) is 5.69 Å². The predicted octanol–water partition coefficient (Wildman–Crippen LogP) is 0.583. The number of anilines is 2. The molecule has 2 aromatic heterocycles. The Morgan fingerprint density at radius 3 is 3.00 bits per heavy atom. The molecule has 0 bridgehead atoms. The molecule has 0 atom stereocenters. The van der Waals surface area contributed by atoms with E-state index in [4.69, 9.17) is 5.73 Å². The van der Waals surface area contributed by atoms with Crippen molar-refractivity contribution >= 4 is 17.3 Å². The van der Waals surface area contributed by atoms with Crippen molar-refractivity contribution in [2.75, 3.05) is 11.1 Å². The number of nitrogens with two attached hydrogens (primary N) is 1. The Balaban J connectivity index is 2.10.